The molecule has 0 bridgehead atoms. The molecule has 1 N–H and O–H groups in total. The zero-order valence-electron chi connectivity index (χ0n) is 10.4. The van der Waals surface area contributed by atoms with Crippen LogP contribution in [-0.4, -0.2) is 47.2 Å². The fourth-order valence-corrected chi connectivity index (χ4v) is 3.33. The molecular formula is C13H19NO4. The molecule has 1 heterocycles. The van der Waals surface area contributed by atoms with Crippen LogP contribution in [0.1, 0.15) is 32.1 Å². The maximum Gasteiger partial charge on any atom is 0.307 e. The van der Waals surface area contributed by atoms with Crippen LogP contribution in [0.2, 0.25) is 0 Å². The highest BCUT2D eigenvalue weighted by atomic mass is 16.5. The van der Waals surface area contributed by atoms with E-state index in [0.29, 0.717) is 26.1 Å². The highest BCUT2D eigenvalue weighted by Gasteiger charge is 2.51. The number of carboxylic acid groups (broad SMARTS) is 1. The Morgan fingerprint density at radius 2 is 1.94 bits per heavy atom. The fraction of sp³-hybridized carbons (Fsp3) is 0.846. The Labute approximate surface area is 106 Å². The van der Waals surface area contributed by atoms with E-state index in [1.54, 1.807) is 0 Å². The maximum atomic E-state index is 12.2. The van der Waals surface area contributed by atoms with Crippen LogP contribution >= 0.6 is 0 Å². The van der Waals surface area contributed by atoms with Gasteiger partial charge in [-0.05, 0) is 19.3 Å². The van der Waals surface area contributed by atoms with Crippen LogP contribution in [0.3, 0.4) is 0 Å². The first-order valence-corrected chi connectivity index (χ1v) is 6.77. The van der Waals surface area contributed by atoms with E-state index in [1.165, 1.54) is 12.8 Å². The van der Waals surface area contributed by atoms with Crippen molar-refractivity contribution in [2.75, 3.05) is 19.7 Å². The third kappa shape index (κ3) is 2.00. The Balaban J connectivity index is 1.62. The minimum absolute atomic E-state index is 0.0250. The van der Waals surface area contributed by atoms with Gasteiger partial charge in [-0.15, -0.1) is 0 Å². The SMILES string of the molecule is O=C(O)C1CC1C(=O)N1CCOC2(CCCC2)C1. The monoisotopic (exact) mass is 253 g/mol. The van der Waals surface area contributed by atoms with Gasteiger partial charge in [0.2, 0.25) is 5.91 Å². The molecule has 1 aliphatic heterocycles. The summed E-state index contributed by atoms with van der Waals surface area (Å²) in [6.45, 7) is 1.87. The van der Waals surface area contributed by atoms with Gasteiger partial charge in [0.15, 0.2) is 0 Å². The lowest BCUT2D eigenvalue weighted by molar-refractivity contribution is -0.153. The van der Waals surface area contributed by atoms with Crippen LogP contribution in [0.25, 0.3) is 0 Å². The lowest BCUT2D eigenvalue weighted by Gasteiger charge is -2.40. The Morgan fingerprint density at radius 3 is 2.56 bits per heavy atom. The van der Waals surface area contributed by atoms with Crippen molar-refractivity contribution in [3.8, 4) is 0 Å². The molecule has 0 radical (unpaired) electrons. The summed E-state index contributed by atoms with van der Waals surface area (Å²) in [5.41, 5.74) is -0.123. The number of carbonyl (C=O) groups excluding carboxylic acids is 1. The average Bonchev–Trinajstić information content (AvgIpc) is 3.05. The summed E-state index contributed by atoms with van der Waals surface area (Å²) >= 11 is 0. The number of morpholine rings is 1. The van der Waals surface area contributed by atoms with Gasteiger partial charge >= 0.3 is 5.97 Å². The van der Waals surface area contributed by atoms with Crippen molar-refractivity contribution in [2.45, 2.75) is 37.7 Å². The number of carbonyl (C=O) groups is 2. The summed E-state index contributed by atoms with van der Waals surface area (Å²) in [6, 6.07) is 0. The summed E-state index contributed by atoms with van der Waals surface area (Å²) in [4.78, 5) is 24.9. The molecule has 2 aliphatic carbocycles. The summed E-state index contributed by atoms with van der Waals surface area (Å²) in [7, 11) is 0. The molecule has 0 aromatic heterocycles. The number of hydrogen-bond acceptors (Lipinski definition) is 3. The normalized spacial score (nSPS) is 33.7. The zero-order valence-corrected chi connectivity index (χ0v) is 10.4. The quantitative estimate of drug-likeness (QED) is 0.793. The van der Waals surface area contributed by atoms with Gasteiger partial charge in [-0.25, -0.2) is 0 Å². The Hall–Kier alpha value is -1.10. The largest absolute Gasteiger partial charge is 0.481 e. The third-order valence-electron chi connectivity index (χ3n) is 4.50. The van der Waals surface area contributed by atoms with Gasteiger partial charge < -0.3 is 14.7 Å². The second-order valence-corrected chi connectivity index (χ2v) is 5.79. The lowest BCUT2D eigenvalue weighted by atomic mass is 9.99. The number of amides is 1. The predicted molar refractivity (Wildman–Crippen MR) is 63.0 cm³/mol. The highest BCUT2D eigenvalue weighted by molar-refractivity contribution is 5.89. The number of carboxylic acids is 1. The first-order chi connectivity index (χ1) is 8.61. The highest BCUT2D eigenvalue weighted by Crippen LogP contribution is 2.42. The topological polar surface area (TPSA) is 66.8 Å². The van der Waals surface area contributed by atoms with Gasteiger partial charge in [0.1, 0.15) is 0 Å². The molecular weight excluding hydrogens is 234 g/mol. The molecule has 2 atom stereocenters. The molecule has 3 fully saturated rings. The minimum Gasteiger partial charge on any atom is -0.481 e. The van der Waals surface area contributed by atoms with Gasteiger partial charge in [-0.2, -0.15) is 0 Å². The van der Waals surface area contributed by atoms with E-state index in [2.05, 4.69) is 0 Å². The van der Waals surface area contributed by atoms with Crippen molar-refractivity contribution >= 4 is 11.9 Å². The van der Waals surface area contributed by atoms with Crippen molar-refractivity contribution in [1.82, 2.24) is 4.90 Å². The molecule has 100 valence electrons. The molecule has 3 aliphatic rings. The summed E-state index contributed by atoms with van der Waals surface area (Å²) in [5.74, 6) is -1.53. The zero-order chi connectivity index (χ0) is 12.8. The van der Waals surface area contributed by atoms with Crippen LogP contribution in [0.15, 0.2) is 0 Å². The van der Waals surface area contributed by atoms with Gasteiger partial charge in [0, 0.05) is 13.1 Å². The van der Waals surface area contributed by atoms with Crippen LogP contribution in [-0.2, 0) is 14.3 Å². The molecule has 0 aromatic carbocycles. The Morgan fingerprint density at radius 1 is 1.22 bits per heavy atom. The molecule has 1 saturated heterocycles. The standard InChI is InChI=1S/C13H19NO4/c15-11(9-7-10(9)12(16)17)14-5-6-18-13(8-14)3-1-2-4-13/h9-10H,1-8H2,(H,16,17). The van der Waals surface area contributed by atoms with Gasteiger partial charge in [0.05, 0.1) is 24.0 Å². The molecule has 2 saturated carbocycles. The molecule has 5 nitrogen and oxygen atoms in total. The second kappa shape index (κ2) is 4.23. The summed E-state index contributed by atoms with van der Waals surface area (Å²) in [5, 5.41) is 8.88. The maximum absolute atomic E-state index is 12.2. The fourth-order valence-electron chi connectivity index (χ4n) is 3.33. The summed E-state index contributed by atoms with van der Waals surface area (Å²) < 4.78 is 5.87. The van der Waals surface area contributed by atoms with E-state index in [4.69, 9.17) is 9.84 Å². The van der Waals surface area contributed by atoms with Gasteiger partial charge in [-0.3, -0.25) is 9.59 Å². The number of ether oxygens (including phenoxy) is 1. The summed E-state index contributed by atoms with van der Waals surface area (Å²) in [6.07, 6.45) is 4.92. The van der Waals surface area contributed by atoms with Gasteiger partial charge in [-0.1, -0.05) is 12.8 Å². The van der Waals surface area contributed by atoms with Crippen molar-refractivity contribution in [3.05, 3.63) is 0 Å². The molecule has 1 spiro atoms. The van der Waals surface area contributed by atoms with Crippen molar-refractivity contribution < 1.29 is 19.4 Å². The molecule has 5 heteroatoms. The minimum atomic E-state index is -0.836. The van der Waals surface area contributed by atoms with E-state index in [0.717, 1.165) is 12.8 Å². The number of nitrogens with zero attached hydrogens (tertiary/aromatic N) is 1. The first kappa shape index (κ1) is 12.0. The molecule has 2 unspecified atom stereocenters. The molecule has 0 aromatic rings. The van der Waals surface area contributed by atoms with E-state index >= 15 is 0 Å². The van der Waals surface area contributed by atoms with Crippen molar-refractivity contribution in [3.63, 3.8) is 0 Å². The van der Waals surface area contributed by atoms with Crippen LogP contribution in [0, 0.1) is 11.8 Å². The molecule has 3 rings (SSSR count). The first-order valence-electron chi connectivity index (χ1n) is 6.77. The van der Waals surface area contributed by atoms with Crippen molar-refractivity contribution in [1.29, 1.82) is 0 Å². The second-order valence-electron chi connectivity index (χ2n) is 5.79. The van der Waals surface area contributed by atoms with E-state index in [1.807, 2.05) is 4.90 Å². The van der Waals surface area contributed by atoms with E-state index in [-0.39, 0.29) is 17.4 Å². The predicted octanol–water partition coefficient (Wildman–Crippen LogP) is 0.879. The Bertz CT molecular complexity index is 375. The molecule has 18 heavy (non-hydrogen) atoms. The van der Waals surface area contributed by atoms with E-state index in [9.17, 15) is 9.59 Å². The van der Waals surface area contributed by atoms with E-state index < -0.39 is 11.9 Å². The Kier molecular flexibility index (Phi) is 2.81. The average molecular weight is 253 g/mol. The molecule has 1 amide bonds. The van der Waals surface area contributed by atoms with Crippen LogP contribution in [0.4, 0.5) is 0 Å². The number of hydrogen-bond donors (Lipinski definition) is 1. The van der Waals surface area contributed by atoms with Crippen molar-refractivity contribution in [2.24, 2.45) is 11.8 Å². The third-order valence-corrected chi connectivity index (χ3v) is 4.50. The smallest absolute Gasteiger partial charge is 0.307 e. The van der Waals surface area contributed by atoms with Crippen LogP contribution < -0.4 is 0 Å². The lowest BCUT2D eigenvalue weighted by Crippen LogP contribution is -2.52. The number of aliphatic carboxylic acids is 1. The number of rotatable bonds is 2. The van der Waals surface area contributed by atoms with Gasteiger partial charge in [0.25, 0.3) is 0 Å². The van der Waals surface area contributed by atoms with Crippen LogP contribution in [0.5, 0.6) is 0 Å².